The molecule has 1 N–H and O–H groups in total. The average molecular weight is 393 g/mol. The fourth-order valence-electron chi connectivity index (χ4n) is 3.05. The number of hydrogen-bond donors (Lipinski definition) is 1. The van der Waals surface area contributed by atoms with Gasteiger partial charge in [0.05, 0.1) is 17.0 Å². The van der Waals surface area contributed by atoms with Crippen LogP contribution in [0.4, 0.5) is 5.69 Å². The van der Waals surface area contributed by atoms with Crippen LogP contribution >= 0.6 is 11.6 Å². The van der Waals surface area contributed by atoms with Crippen LogP contribution < -0.4 is 4.72 Å². The molecule has 1 aliphatic heterocycles. The lowest BCUT2D eigenvalue weighted by Crippen LogP contribution is -2.36. The number of hydrogen-bond acceptors (Lipinski definition) is 3. The summed E-state index contributed by atoms with van der Waals surface area (Å²) in [5, 5.41) is 0.399. The van der Waals surface area contributed by atoms with Crippen LogP contribution in [0.3, 0.4) is 0 Å². The zero-order valence-electron chi connectivity index (χ0n) is 14.3. The Morgan fingerprint density at radius 1 is 1.00 bits per heavy atom. The van der Waals surface area contributed by atoms with Gasteiger partial charge in [-0.25, -0.2) is 8.42 Å². The molecule has 0 saturated carbocycles. The maximum atomic E-state index is 12.8. The zero-order chi connectivity index (χ0) is 18.6. The van der Waals surface area contributed by atoms with E-state index >= 15 is 0 Å². The highest BCUT2D eigenvalue weighted by molar-refractivity contribution is 7.91. The molecule has 1 fully saturated rings. The lowest BCUT2D eigenvalue weighted by atomic mass is 10.1. The Labute approximate surface area is 159 Å². The van der Waals surface area contributed by atoms with Crippen LogP contribution in [0.5, 0.6) is 0 Å². The Morgan fingerprint density at radius 3 is 2.38 bits per heavy atom. The third kappa shape index (κ3) is 4.56. The normalized spacial score (nSPS) is 14.9. The molecule has 5 nitrogen and oxygen atoms in total. The van der Waals surface area contributed by atoms with E-state index in [0.717, 1.165) is 19.3 Å². The molecule has 1 aliphatic rings. The number of nitrogens with zero attached hydrogens (tertiary/aromatic N) is 1. The summed E-state index contributed by atoms with van der Waals surface area (Å²) in [6.45, 7) is 1.42. The summed E-state index contributed by atoms with van der Waals surface area (Å²) in [6.07, 6.45) is 3.08. The van der Waals surface area contributed by atoms with Gasteiger partial charge in [0.1, 0.15) is 0 Å². The van der Waals surface area contributed by atoms with E-state index < -0.39 is 10.0 Å². The smallest absolute Gasteiger partial charge is 0.255 e. The fourth-order valence-corrected chi connectivity index (χ4v) is 4.58. The number of piperidine rings is 1. The van der Waals surface area contributed by atoms with E-state index in [1.807, 2.05) is 0 Å². The Balaban J connectivity index is 1.81. The van der Waals surface area contributed by atoms with Gasteiger partial charge in [0.2, 0.25) is 10.0 Å². The van der Waals surface area contributed by atoms with Crippen LogP contribution in [0.25, 0.3) is 0 Å². The highest BCUT2D eigenvalue weighted by Gasteiger charge is 2.23. The van der Waals surface area contributed by atoms with Crippen molar-refractivity contribution >= 4 is 33.2 Å². The molecule has 0 bridgehead atoms. The van der Waals surface area contributed by atoms with Gasteiger partial charge in [0, 0.05) is 18.1 Å². The molecule has 3 rings (SSSR count). The molecule has 1 heterocycles. The van der Waals surface area contributed by atoms with Gasteiger partial charge < -0.3 is 4.90 Å². The van der Waals surface area contributed by atoms with Gasteiger partial charge in [0.25, 0.3) is 5.91 Å². The minimum absolute atomic E-state index is 0.138. The summed E-state index contributed by atoms with van der Waals surface area (Å²) in [5.41, 5.74) is 1.19. The number of benzene rings is 2. The van der Waals surface area contributed by atoms with Crippen molar-refractivity contribution in [3.63, 3.8) is 0 Å². The monoisotopic (exact) mass is 392 g/mol. The molecular formula is C19H21ClN2O3S. The molecule has 0 unspecified atom stereocenters. The summed E-state index contributed by atoms with van der Waals surface area (Å²) >= 11 is 6.06. The van der Waals surface area contributed by atoms with Crippen molar-refractivity contribution in [3.05, 3.63) is 64.7 Å². The molecule has 0 aliphatic carbocycles. The molecule has 2 aromatic carbocycles. The predicted octanol–water partition coefficient (Wildman–Crippen LogP) is 3.91. The van der Waals surface area contributed by atoms with Crippen molar-refractivity contribution in [2.45, 2.75) is 25.0 Å². The highest BCUT2D eigenvalue weighted by Crippen LogP contribution is 2.23. The molecule has 1 saturated heterocycles. The number of para-hydroxylation sites is 1. The van der Waals surface area contributed by atoms with Gasteiger partial charge in [-0.05, 0) is 43.0 Å². The van der Waals surface area contributed by atoms with Crippen molar-refractivity contribution in [2.75, 3.05) is 17.8 Å². The number of rotatable bonds is 5. The molecule has 0 atom stereocenters. The van der Waals surface area contributed by atoms with Crippen molar-refractivity contribution < 1.29 is 13.2 Å². The molecular weight excluding hydrogens is 372 g/mol. The third-order valence-electron chi connectivity index (χ3n) is 4.37. The maximum absolute atomic E-state index is 12.8. The van der Waals surface area contributed by atoms with Gasteiger partial charge in [0.15, 0.2) is 0 Å². The largest absolute Gasteiger partial charge is 0.339 e. The first-order chi connectivity index (χ1) is 12.5. The summed E-state index contributed by atoms with van der Waals surface area (Å²) in [4.78, 5) is 14.6. The SMILES string of the molecule is O=C(c1ccccc1NS(=O)(=O)Cc1ccccc1Cl)N1CCCCC1. The third-order valence-corrected chi connectivity index (χ3v) is 5.96. The fraction of sp³-hybridized carbons (Fsp3) is 0.316. The van der Waals surface area contributed by atoms with Crippen LogP contribution in [-0.2, 0) is 15.8 Å². The second-order valence-electron chi connectivity index (χ2n) is 6.35. The number of nitrogens with one attached hydrogen (secondary N) is 1. The maximum Gasteiger partial charge on any atom is 0.255 e. The number of likely N-dealkylation sites (tertiary alicyclic amines) is 1. The standard InChI is InChI=1S/C19H21ClN2O3S/c20-17-10-4-2-8-15(17)14-26(24,25)21-18-11-5-3-9-16(18)19(23)22-12-6-1-7-13-22/h2-5,8-11,21H,1,6-7,12-14H2. The topological polar surface area (TPSA) is 66.5 Å². The first-order valence-corrected chi connectivity index (χ1v) is 10.6. The number of halogens is 1. The second-order valence-corrected chi connectivity index (χ2v) is 8.48. The Hall–Kier alpha value is -2.05. The molecule has 0 radical (unpaired) electrons. The molecule has 0 spiro atoms. The van der Waals surface area contributed by atoms with Crippen molar-refractivity contribution in [1.29, 1.82) is 0 Å². The Bertz CT molecular complexity index is 893. The minimum atomic E-state index is -3.70. The lowest BCUT2D eigenvalue weighted by molar-refractivity contribution is 0.0725. The average Bonchev–Trinajstić information content (AvgIpc) is 2.64. The number of carbonyl (C=O) groups excluding carboxylic acids is 1. The van der Waals surface area contributed by atoms with Crippen molar-refractivity contribution in [2.24, 2.45) is 0 Å². The number of sulfonamides is 1. The van der Waals surface area contributed by atoms with E-state index in [-0.39, 0.29) is 11.7 Å². The first-order valence-electron chi connectivity index (χ1n) is 8.58. The van der Waals surface area contributed by atoms with E-state index in [1.165, 1.54) is 0 Å². The summed E-state index contributed by atoms with van der Waals surface area (Å²) in [6, 6.07) is 13.5. The Kier molecular flexibility index (Phi) is 5.84. The summed E-state index contributed by atoms with van der Waals surface area (Å²) in [5.74, 6) is -0.389. The molecule has 0 aromatic heterocycles. The summed E-state index contributed by atoms with van der Waals surface area (Å²) < 4.78 is 27.7. The Morgan fingerprint density at radius 2 is 1.65 bits per heavy atom. The van der Waals surface area contributed by atoms with Gasteiger partial charge in [-0.3, -0.25) is 9.52 Å². The van der Waals surface area contributed by atoms with Crippen LogP contribution in [-0.4, -0.2) is 32.3 Å². The van der Waals surface area contributed by atoms with Crippen LogP contribution in [0.1, 0.15) is 35.2 Å². The van der Waals surface area contributed by atoms with Crippen LogP contribution in [0.15, 0.2) is 48.5 Å². The molecule has 138 valence electrons. The van der Waals surface area contributed by atoms with E-state index in [1.54, 1.807) is 53.4 Å². The predicted molar refractivity (Wildman–Crippen MR) is 104 cm³/mol. The van der Waals surface area contributed by atoms with Crippen LogP contribution in [0.2, 0.25) is 5.02 Å². The van der Waals surface area contributed by atoms with Crippen molar-refractivity contribution in [3.8, 4) is 0 Å². The molecule has 2 aromatic rings. The van der Waals surface area contributed by atoms with Gasteiger partial charge in [-0.2, -0.15) is 0 Å². The number of amides is 1. The van der Waals surface area contributed by atoms with Crippen LogP contribution in [0, 0.1) is 0 Å². The second kappa shape index (κ2) is 8.10. The number of carbonyl (C=O) groups is 1. The van der Waals surface area contributed by atoms with E-state index in [2.05, 4.69) is 4.72 Å². The van der Waals surface area contributed by atoms with E-state index in [0.29, 0.717) is 34.9 Å². The first kappa shape index (κ1) is 18.7. The van der Waals surface area contributed by atoms with Crippen molar-refractivity contribution in [1.82, 2.24) is 4.90 Å². The van der Waals surface area contributed by atoms with Gasteiger partial charge in [-0.1, -0.05) is 41.9 Å². The lowest BCUT2D eigenvalue weighted by Gasteiger charge is -2.27. The molecule has 26 heavy (non-hydrogen) atoms. The quantitative estimate of drug-likeness (QED) is 0.838. The zero-order valence-corrected chi connectivity index (χ0v) is 15.9. The van der Waals surface area contributed by atoms with E-state index in [4.69, 9.17) is 11.6 Å². The minimum Gasteiger partial charge on any atom is -0.339 e. The molecule has 7 heteroatoms. The highest BCUT2D eigenvalue weighted by atomic mass is 35.5. The van der Waals surface area contributed by atoms with Gasteiger partial charge >= 0.3 is 0 Å². The summed E-state index contributed by atoms with van der Waals surface area (Å²) in [7, 11) is -3.70. The molecule has 1 amide bonds. The van der Waals surface area contributed by atoms with Gasteiger partial charge in [-0.15, -0.1) is 0 Å². The van der Waals surface area contributed by atoms with E-state index in [9.17, 15) is 13.2 Å². The number of anilines is 1.